The summed E-state index contributed by atoms with van der Waals surface area (Å²) in [6.45, 7) is -0.333. The number of benzene rings is 4. The molecule has 0 spiro atoms. The van der Waals surface area contributed by atoms with Crippen molar-refractivity contribution in [3.8, 4) is 23.0 Å². The zero-order valence-corrected chi connectivity index (χ0v) is 34.5. The van der Waals surface area contributed by atoms with Gasteiger partial charge in [-0.05, 0) is 59.9 Å². The predicted octanol–water partition coefficient (Wildman–Crippen LogP) is 4.84. The van der Waals surface area contributed by atoms with Gasteiger partial charge in [-0.25, -0.2) is 9.59 Å². The summed E-state index contributed by atoms with van der Waals surface area (Å²) in [5.41, 5.74) is -0.512. The maximum absolute atomic E-state index is 13.0. The topological polar surface area (TPSA) is 221 Å². The lowest BCUT2D eigenvalue weighted by molar-refractivity contribution is -0.385. The summed E-state index contributed by atoms with van der Waals surface area (Å²) in [6, 6.07) is 28.2. The summed E-state index contributed by atoms with van der Waals surface area (Å²) in [5.74, 6) is 1.68. The second-order valence-electron chi connectivity index (χ2n) is 14.0. The molecule has 1 aliphatic heterocycles. The molecule has 1 saturated heterocycles. The zero-order valence-electron chi connectivity index (χ0n) is 34.5. The standard InChI is InChI=1S/C44H48N4O14/c1-55-32-16-12-30(13-17-32)44(29-10-6-5-7-11-29,31-14-18-33(56-2)19-15-31)61-27-37-39(50)40(41(62-37)47-22-20-38(49)46-42(47)51)59-23-9-8-21-45-43(52)60-26-28-24-35(57-3)36(58-4)25-34(28)48(53)54/h5-7,10-20,22,24-25,37,39-41,50H,8-9,21,23,26-27H2,1-4H3,(H,45,52)(H,46,49,51)/t37-,39-,40-,41-/m1/s1. The molecule has 2 heterocycles. The van der Waals surface area contributed by atoms with E-state index in [1.807, 2.05) is 78.9 Å². The van der Waals surface area contributed by atoms with Crippen LogP contribution in [0.2, 0.25) is 0 Å². The van der Waals surface area contributed by atoms with Crippen molar-refractivity contribution in [1.29, 1.82) is 0 Å². The van der Waals surface area contributed by atoms with Gasteiger partial charge >= 0.3 is 11.8 Å². The van der Waals surface area contributed by atoms with Crippen molar-refractivity contribution < 1.29 is 52.7 Å². The molecular formula is C44H48N4O14. The highest BCUT2D eigenvalue weighted by Gasteiger charge is 2.48. The van der Waals surface area contributed by atoms with Gasteiger partial charge in [-0.3, -0.25) is 24.5 Å². The third-order valence-electron chi connectivity index (χ3n) is 10.4. The number of rotatable bonds is 20. The number of hydrogen-bond acceptors (Lipinski definition) is 14. The normalized spacial score (nSPS) is 17.2. The van der Waals surface area contributed by atoms with Gasteiger partial charge in [0.05, 0.1) is 51.6 Å². The van der Waals surface area contributed by atoms with Crippen LogP contribution in [0, 0.1) is 10.1 Å². The van der Waals surface area contributed by atoms with Gasteiger partial charge in [0.15, 0.2) is 17.7 Å². The molecule has 1 aromatic heterocycles. The van der Waals surface area contributed by atoms with Gasteiger partial charge in [0.2, 0.25) is 0 Å². The minimum absolute atomic E-state index is 0.0769. The Hall–Kier alpha value is -6.73. The Morgan fingerprint density at radius 3 is 2.05 bits per heavy atom. The van der Waals surface area contributed by atoms with E-state index in [4.69, 9.17) is 37.9 Å². The molecule has 18 heteroatoms. The van der Waals surface area contributed by atoms with E-state index in [2.05, 4.69) is 10.3 Å². The number of ether oxygens (including phenoxy) is 8. The van der Waals surface area contributed by atoms with Crippen LogP contribution in [-0.4, -0.2) is 92.2 Å². The quantitative estimate of drug-likeness (QED) is 0.0413. The summed E-state index contributed by atoms with van der Waals surface area (Å²) in [4.78, 5) is 50.8. The second-order valence-corrected chi connectivity index (χ2v) is 14.0. The highest BCUT2D eigenvalue weighted by atomic mass is 16.6. The number of aliphatic hydroxyl groups is 1. The molecule has 328 valence electrons. The number of carbonyl (C=O) groups is 1. The zero-order chi connectivity index (χ0) is 44.2. The van der Waals surface area contributed by atoms with Crippen LogP contribution in [0.1, 0.15) is 41.3 Å². The van der Waals surface area contributed by atoms with Crippen LogP contribution in [0.3, 0.4) is 0 Å². The number of H-pyrrole nitrogens is 1. The Labute approximate surface area is 356 Å². The van der Waals surface area contributed by atoms with Crippen molar-refractivity contribution in [1.82, 2.24) is 14.9 Å². The molecule has 0 radical (unpaired) electrons. The van der Waals surface area contributed by atoms with E-state index < -0.39 is 59.0 Å². The molecule has 1 amide bonds. The summed E-state index contributed by atoms with van der Waals surface area (Å²) in [5, 5.41) is 26.1. The fourth-order valence-electron chi connectivity index (χ4n) is 7.20. The molecule has 0 unspecified atom stereocenters. The Kier molecular flexibility index (Phi) is 15.0. The number of alkyl carbamates (subject to hydrolysis) is 1. The van der Waals surface area contributed by atoms with E-state index in [1.54, 1.807) is 14.2 Å². The first-order valence-corrected chi connectivity index (χ1v) is 19.6. The SMILES string of the molecule is COc1ccc(C(OC[C@H]2O[C@@H](n3ccc(=O)[nH]c3=O)[C@H](OCCCCNC(=O)OCc3cc(OC)c(OC)cc3[N+](=O)[O-])[C@@H]2O)(c2ccccc2)c2ccc(OC)cc2)cc1. The number of hydrogen-bond donors (Lipinski definition) is 3. The first-order chi connectivity index (χ1) is 30.0. The molecular weight excluding hydrogens is 808 g/mol. The largest absolute Gasteiger partial charge is 0.497 e. The Morgan fingerprint density at radius 2 is 1.47 bits per heavy atom. The van der Waals surface area contributed by atoms with Crippen molar-refractivity contribution >= 4 is 11.8 Å². The molecule has 62 heavy (non-hydrogen) atoms. The molecule has 1 fully saturated rings. The van der Waals surface area contributed by atoms with Crippen LogP contribution >= 0.6 is 0 Å². The summed E-state index contributed by atoms with van der Waals surface area (Å²) in [6.07, 6.45) is -3.31. The average molecular weight is 857 g/mol. The van der Waals surface area contributed by atoms with E-state index in [0.717, 1.165) is 21.3 Å². The minimum atomic E-state index is -1.31. The number of nitro benzene ring substituents is 1. The van der Waals surface area contributed by atoms with Crippen LogP contribution in [0.25, 0.3) is 0 Å². The molecule has 4 aromatic carbocycles. The highest BCUT2D eigenvalue weighted by molar-refractivity contribution is 5.67. The molecule has 0 aliphatic carbocycles. The summed E-state index contributed by atoms with van der Waals surface area (Å²) < 4.78 is 47.1. The first kappa shape index (κ1) is 44.8. The van der Waals surface area contributed by atoms with Gasteiger partial charge in [-0.2, -0.15) is 0 Å². The van der Waals surface area contributed by atoms with E-state index >= 15 is 0 Å². The lowest BCUT2D eigenvalue weighted by Gasteiger charge is -2.37. The summed E-state index contributed by atoms with van der Waals surface area (Å²) >= 11 is 0. The van der Waals surface area contributed by atoms with E-state index in [-0.39, 0.29) is 42.5 Å². The van der Waals surface area contributed by atoms with Crippen LogP contribution in [0.15, 0.2) is 113 Å². The van der Waals surface area contributed by atoms with Gasteiger partial charge in [0, 0.05) is 25.4 Å². The highest BCUT2D eigenvalue weighted by Crippen LogP contribution is 2.43. The number of carbonyl (C=O) groups excluding carboxylic acids is 1. The third kappa shape index (κ3) is 10.1. The van der Waals surface area contributed by atoms with Crippen molar-refractivity contribution in [3.05, 3.63) is 156 Å². The van der Waals surface area contributed by atoms with Gasteiger partial charge in [0.1, 0.15) is 42.0 Å². The van der Waals surface area contributed by atoms with Gasteiger partial charge in [0.25, 0.3) is 11.2 Å². The Bertz CT molecular complexity index is 2340. The number of nitro groups is 1. The smallest absolute Gasteiger partial charge is 0.407 e. The molecule has 3 N–H and O–H groups in total. The van der Waals surface area contributed by atoms with Crippen LogP contribution in [-0.2, 0) is 31.2 Å². The molecule has 5 aromatic rings. The fourth-order valence-corrected chi connectivity index (χ4v) is 7.20. The van der Waals surface area contributed by atoms with Crippen LogP contribution in [0.4, 0.5) is 10.5 Å². The third-order valence-corrected chi connectivity index (χ3v) is 10.4. The van der Waals surface area contributed by atoms with E-state index in [9.17, 15) is 29.6 Å². The van der Waals surface area contributed by atoms with Gasteiger partial charge < -0.3 is 48.3 Å². The molecule has 6 rings (SSSR count). The maximum atomic E-state index is 13.0. The lowest BCUT2D eigenvalue weighted by Crippen LogP contribution is -2.41. The average Bonchev–Trinajstić information content (AvgIpc) is 3.60. The fraction of sp³-hybridized carbons (Fsp3) is 0.341. The molecule has 0 saturated carbocycles. The van der Waals surface area contributed by atoms with Gasteiger partial charge in [-0.15, -0.1) is 0 Å². The van der Waals surface area contributed by atoms with Crippen molar-refractivity contribution in [2.45, 2.75) is 49.6 Å². The molecule has 1 aliphatic rings. The van der Waals surface area contributed by atoms with Crippen molar-refractivity contribution in [2.75, 3.05) is 48.2 Å². The number of aliphatic hydroxyl groups excluding tert-OH is 1. The van der Waals surface area contributed by atoms with Gasteiger partial charge in [-0.1, -0.05) is 54.6 Å². The number of aromatic nitrogens is 2. The minimum Gasteiger partial charge on any atom is -0.497 e. The first-order valence-electron chi connectivity index (χ1n) is 19.6. The second kappa shape index (κ2) is 20.7. The van der Waals surface area contributed by atoms with E-state index in [1.165, 1.54) is 38.6 Å². The predicted molar refractivity (Wildman–Crippen MR) is 223 cm³/mol. The molecule has 4 atom stereocenters. The van der Waals surface area contributed by atoms with E-state index in [0.29, 0.717) is 24.3 Å². The summed E-state index contributed by atoms with van der Waals surface area (Å²) in [7, 11) is 5.89. The van der Waals surface area contributed by atoms with Crippen molar-refractivity contribution in [3.63, 3.8) is 0 Å². The van der Waals surface area contributed by atoms with Crippen LogP contribution in [0.5, 0.6) is 23.0 Å². The number of unbranched alkanes of at least 4 members (excludes halogenated alkanes) is 1. The number of amides is 1. The van der Waals surface area contributed by atoms with Crippen molar-refractivity contribution in [2.24, 2.45) is 0 Å². The van der Waals surface area contributed by atoms with Crippen LogP contribution < -0.4 is 35.5 Å². The Morgan fingerprint density at radius 1 is 0.855 bits per heavy atom. The monoisotopic (exact) mass is 856 g/mol. The number of methoxy groups -OCH3 is 4. The molecule has 18 nitrogen and oxygen atoms in total. The Balaban J connectivity index is 1.15. The molecule has 0 bridgehead atoms. The number of nitrogens with one attached hydrogen (secondary N) is 2. The number of nitrogens with zero attached hydrogens (tertiary/aromatic N) is 2. The lowest BCUT2D eigenvalue weighted by atomic mass is 9.80. The number of aromatic amines is 1. The maximum Gasteiger partial charge on any atom is 0.407 e.